The summed E-state index contributed by atoms with van der Waals surface area (Å²) in [7, 11) is 0. The Labute approximate surface area is 96.1 Å². The Kier molecular flexibility index (Phi) is 3.12. The van der Waals surface area contributed by atoms with Crippen molar-refractivity contribution in [3.63, 3.8) is 0 Å². The minimum absolute atomic E-state index is 0.466. The van der Waals surface area contributed by atoms with Crippen molar-refractivity contribution in [1.82, 2.24) is 10.3 Å². The first-order valence-electron chi connectivity index (χ1n) is 5.76. The second-order valence-electron chi connectivity index (χ2n) is 4.84. The van der Waals surface area contributed by atoms with Crippen LogP contribution in [0.4, 0.5) is 0 Å². The molecule has 0 amide bonds. The number of nitrogens with one attached hydrogen (secondary N) is 1. The number of hydrogen-bond donors (Lipinski definition) is 1. The fourth-order valence-corrected chi connectivity index (χ4v) is 3.36. The zero-order valence-corrected chi connectivity index (χ0v) is 10.8. The summed E-state index contributed by atoms with van der Waals surface area (Å²) in [4.78, 5) is 5.89. The monoisotopic (exact) mass is 224 g/mol. The van der Waals surface area contributed by atoms with Crippen LogP contribution in [0, 0.1) is 19.8 Å². The molecule has 0 aliphatic heterocycles. The number of hydrogen-bond acceptors (Lipinski definition) is 3. The van der Waals surface area contributed by atoms with E-state index in [-0.39, 0.29) is 0 Å². The smallest absolute Gasteiger partial charge is 0.0900 e. The van der Waals surface area contributed by atoms with Crippen LogP contribution in [0.15, 0.2) is 0 Å². The number of thiazole rings is 1. The lowest BCUT2D eigenvalue weighted by molar-refractivity contribution is 0.227. The topological polar surface area (TPSA) is 24.9 Å². The normalized spacial score (nSPS) is 27.5. The fraction of sp³-hybridized carbons (Fsp3) is 0.750. The van der Waals surface area contributed by atoms with Crippen LogP contribution in [0.3, 0.4) is 0 Å². The number of rotatable bonds is 3. The van der Waals surface area contributed by atoms with E-state index >= 15 is 0 Å². The summed E-state index contributed by atoms with van der Waals surface area (Å²) in [6, 6.07) is 1.20. The lowest BCUT2D eigenvalue weighted by atomic mass is 9.81. The van der Waals surface area contributed by atoms with Gasteiger partial charge in [0.15, 0.2) is 0 Å². The van der Waals surface area contributed by atoms with Gasteiger partial charge in [0, 0.05) is 17.0 Å². The largest absolute Gasteiger partial charge is 0.307 e. The van der Waals surface area contributed by atoms with Crippen molar-refractivity contribution < 1.29 is 0 Å². The summed E-state index contributed by atoms with van der Waals surface area (Å²) in [6.45, 7) is 8.77. The fourth-order valence-electron chi connectivity index (χ4n) is 2.42. The average Bonchev–Trinajstić information content (AvgIpc) is 2.42. The highest BCUT2D eigenvalue weighted by atomic mass is 32.1. The molecule has 0 saturated heterocycles. The van der Waals surface area contributed by atoms with E-state index in [4.69, 9.17) is 0 Å². The predicted molar refractivity (Wildman–Crippen MR) is 65.3 cm³/mol. The second kappa shape index (κ2) is 4.22. The number of nitrogens with zero attached hydrogens (tertiary/aromatic N) is 1. The van der Waals surface area contributed by atoms with Gasteiger partial charge in [-0.25, -0.2) is 4.98 Å². The van der Waals surface area contributed by atoms with E-state index in [1.807, 2.05) is 11.3 Å². The molecule has 0 aromatic carbocycles. The minimum Gasteiger partial charge on any atom is -0.307 e. The summed E-state index contributed by atoms with van der Waals surface area (Å²) in [6.07, 6.45) is 2.67. The molecule has 3 heteroatoms. The molecule has 2 nitrogen and oxygen atoms in total. The highest BCUT2D eigenvalue weighted by molar-refractivity contribution is 7.11. The molecule has 1 N–H and O–H groups in total. The van der Waals surface area contributed by atoms with Gasteiger partial charge >= 0.3 is 0 Å². The maximum atomic E-state index is 4.48. The first kappa shape index (κ1) is 11.1. The number of aromatic nitrogens is 1. The second-order valence-corrected chi connectivity index (χ2v) is 6.08. The molecule has 1 saturated carbocycles. The average molecular weight is 224 g/mol. The summed E-state index contributed by atoms with van der Waals surface area (Å²) < 4.78 is 0. The molecule has 2 rings (SSSR count). The molecule has 0 bridgehead atoms. The molecule has 0 spiro atoms. The quantitative estimate of drug-likeness (QED) is 0.853. The maximum absolute atomic E-state index is 4.48. The molecule has 1 atom stereocenters. The van der Waals surface area contributed by atoms with E-state index in [0.717, 1.165) is 12.0 Å². The zero-order chi connectivity index (χ0) is 11.0. The molecule has 1 unspecified atom stereocenters. The number of aryl methyl sites for hydroxylation is 2. The minimum atomic E-state index is 0.466. The molecule has 1 aromatic rings. The SMILES string of the molecule is Cc1nc(C)c(C(C)NC2CC(C)C2)s1. The van der Waals surface area contributed by atoms with E-state index in [1.54, 1.807) is 0 Å². The van der Waals surface area contributed by atoms with Crippen LogP contribution in [0.25, 0.3) is 0 Å². The molecule has 1 heterocycles. The third kappa shape index (κ3) is 2.40. The molecular formula is C12H20N2S. The van der Waals surface area contributed by atoms with Crippen LogP contribution in [-0.2, 0) is 0 Å². The van der Waals surface area contributed by atoms with Crippen molar-refractivity contribution in [1.29, 1.82) is 0 Å². The van der Waals surface area contributed by atoms with Crippen LogP contribution in [0.5, 0.6) is 0 Å². The molecule has 84 valence electrons. The summed E-state index contributed by atoms with van der Waals surface area (Å²) >= 11 is 1.83. The third-order valence-corrected chi connectivity index (χ3v) is 4.45. The van der Waals surface area contributed by atoms with Gasteiger partial charge in [0.05, 0.1) is 10.7 Å². The lowest BCUT2D eigenvalue weighted by Crippen LogP contribution is -2.41. The van der Waals surface area contributed by atoms with Gasteiger partial charge in [-0.1, -0.05) is 6.92 Å². The predicted octanol–water partition coefficient (Wildman–Crippen LogP) is 3.21. The van der Waals surface area contributed by atoms with Crippen molar-refractivity contribution in [2.75, 3.05) is 0 Å². The molecule has 15 heavy (non-hydrogen) atoms. The van der Waals surface area contributed by atoms with Crippen molar-refractivity contribution >= 4 is 11.3 Å². The standard InChI is InChI=1S/C12H20N2S/c1-7-5-11(6-7)14-9(3)12-8(2)13-10(4)15-12/h7,9,11,14H,5-6H2,1-4H3. The Morgan fingerprint density at radius 1 is 1.40 bits per heavy atom. The Balaban J connectivity index is 1.95. The van der Waals surface area contributed by atoms with Gasteiger partial charge in [-0.15, -0.1) is 11.3 Å². The highest BCUT2D eigenvalue weighted by Gasteiger charge is 2.27. The summed E-state index contributed by atoms with van der Waals surface area (Å²) in [5, 5.41) is 4.87. The van der Waals surface area contributed by atoms with Crippen LogP contribution >= 0.6 is 11.3 Å². The van der Waals surface area contributed by atoms with Gasteiger partial charge in [-0.3, -0.25) is 0 Å². The molecule has 0 radical (unpaired) electrons. The zero-order valence-electron chi connectivity index (χ0n) is 10.0. The first-order valence-corrected chi connectivity index (χ1v) is 6.58. The van der Waals surface area contributed by atoms with E-state index in [9.17, 15) is 0 Å². The Morgan fingerprint density at radius 2 is 2.07 bits per heavy atom. The van der Waals surface area contributed by atoms with Gasteiger partial charge in [0.2, 0.25) is 0 Å². The van der Waals surface area contributed by atoms with Gasteiger partial charge < -0.3 is 5.32 Å². The van der Waals surface area contributed by atoms with Crippen LogP contribution < -0.4 is 5.32 Å². The van der Waals surface area contributed by atoms with Crippen LogP contribution in [0.2, 0.25) is 0 Å². The van der Waals surface area contributed by atoms with Crippen LogP contribution in [-0.4, -0.2) is 11.0 Å². The van der Waals surface area contributed by atoms with Crippen molar-refractivity contribution in [3.8, 4) is 0 Å². The van der Waals surface area contributed by atoms with Crippen molar-refractivity contribution in [2.24, 2.45) is 5.92 Å². The van der Waals surface area contributed by atoms with Gasteiger partial charge in [-0.2, -0.15) is 0 Å². The molecule has 1 aromatic heterocycles. The van der Waals surface area contributed by atoms with E-state index in [0.29, 0.717) is 6.04 Å². The molecule has 1 fully saturated rings. The Hall–Kier alpha value is -0.410. The first-order chi connectivity index (χ1) is 7.06. The highest BCUT2D eigenvalue weighted by Crippen LogP contribution is 2.31. The van der Waals surface area contributed by atoms with E-state index in [2.05, 4.69) is 38.0 Å². The van der Waals surface area contributed by atoms with Gasteiger partial charge in [0.1, 0.15) is 0 Å². The summed E-state index contributed by atoms with van der Waals surface area (Å²) in [5.74, 6) is 0.916. The van der Waals surface area contributed by atoms with Crippen LogP contribution in [0.1, 0.15) is 48.3 Å². The van der Waals surface area contributed by atoms with Gasteiger partial charge in [0.25, 0.3) is 0 Å². The van der Waals surface area contributed by atoms with Crippen molar-refractivity contribution in [2.45, 2.75) is 52.6 Å². The van der Waals surface area contributed by atoms with Crippen molar-refractivity contribution in [3.05, 3.63) is 15.6 Å². The summed E-state index contributed by atoms with van der Waals surface area (Å²) in [5.41, 5.74) is 1.20. The Bertz CT molecular complexity index is 339. The van der Waals surface area contributed by atoms with E-state index < -0.39 is 0 Å². The lowest BCUT2D eigenvalue weighted by Gasteiger charge is -2.35. The molecular weight excluding hydrogens is 204 g/mol. The van der Waals surface area contributed by atoms with E-state index in [1.165, 1.54) is 28.4 Å². The molecule has 1 aliphatic carbocycles. The third-order valence-electron chi connectivity index (χ3n) is 3.19. The van der Waals surface area contributed by atoms with Gasteiger partial charge in [-0.05, 0) is 39.5 Å². The molecule has 1 aliphatic rings. The Morgan fingerprint density at radius 3 is 2.53 bits per heavy atom. The maximum Gasteiger partial charge on any atom is 0.0900 e.